The smallest absolute Gasteiger partial charge is 0.221 e. The van der Waals surface area contributed by atoms with Gasteiger partial charge in [0.25, 0.3) is 0 Å². The molecule has 0 saturated heterocycles. The molecule has 0 heterocycles. The predicted octanol–water partition coefficient (Wildman–Crippen LogP) is 2.82. The molecule has 18 heavy (non-hydrogen) atoms. The van der Waals surface area contributed by atoms with Gasteiger partial charge in [0.2, 0.25) is 5.91 Å². The molecule has 0 bridgehead atoms. The van der Waals surface area contributed by atoms with E-state index in [2.05, 4.69) is 19.2 Å². The quantitative estimate of drug-likeness (QED) is 0.803. The second kappa shape index (κ2) is 5.01. The third-order valence-electron chi connectivity index (χ3n) is 3.90. The van der Waals surface area contributed by atoms with Gasteiger partial charge in [0.15, 0.2) is 0 Å². The second-order valence-corrected chi connectivity index (χ2v) is 5.73. The average Bonchev–Trinajstić information content (AvgIpc) is 2.27. The second-order valence-electron chi connectivity index (χ2n) is 5.73. The van der Waals surface area contributed by atoms with Crippen molar-refractivity contribution in [3.05, 3.63) is 29.8 Å². The number of rotatable bonds is 4. The van der Waals surface area contributed by atoms with E-state index in [0.717, 1.165) is 24.1 Å². The summed E-state index contributed by atoms with van der Waals surface area (Å²) in [4.78, 5) is 12.0. The van der Waals surface area contributed by atoms with E-state index in [0.29, 0.717) is 6.42 Å². The lowest BCUT2D eigenvalue weighted by molar-refractivity contribution is -0.124. The zero-order chi connectivity index (χ0) is 13.2. The number of carbonyl (C=O) groups is 1. The summed E-state index contributed by atoms with van der Waals surface area (Å²) in [5.74, 6) is 0.385. The first-order valence-electron chi connectivity index (χ1n) is 6.65. The number of anilines is 1. The Morgan fingerprint density at radius 2 is 2.00 bits per heavy atom. The Morgan fingerprint density at radius 1 is 1.39 bits per heavy atom. The highest BCUT2D eigenvalue weighted by molar-refractivity contribution is 5.77. The van der Waals surface area contributed by atoms with Crippen molar-refractivity contribution in [1.82, 2.24) is 5.32 Å². The molecule has 1 aliphatic rings. The third kappa shape index (κ3) is 3.03. The Morgan fingerprint density at radius 3 is 2.50 bits per heavy atom. The van der Waals surface area contributed by atoms with Crippen LogP contribution in [0.5, 0.6) is 0 Å². The summed E-state index contributed by atoms with van der Waals surface area (Å²) in [6.07, 6.45) is 3.98. The fraction of sp³-hybridized carbons (Fsp3) is 0.533. The molecule has 1 unspecified atom stereocenters. The van der Waals surface area contributed by atoms with Gasteiger partial charge in [0, 0.05) is 17.6 Å². The van der Waals surface area contributed by atoms with E-state index in [-0.39, 0.29) is 17.4 Å². The summed E-state index contributed by atoms with van der Waals surface area (Å²) in [6, 6.07) is 7.77. The Hall–Kier alpha value is -1.51. The number of hydrogen-bond donors (Lipinski definition) is 2. The molecule has 2 rings (SSSR count). The van der Waals surface area contributed by atoms with Gasteiger partial charge in [-0.15, -0.1) is 0 Å². The molecule has 3 N–H and O–H groups in total. The molecule has 1 aromatic rings. The van der Waals surface area contributed by atoms with Crippen LogP contribution in [0.3, 0.4) is 0 Å². The highest BCUT2D eigenvalue weighted by Crippen LogP contribution is 2.31. The monoisotopic (exact) mass is 246 g/mol. The number of nitrogen functional groups attached to an aromatic ring is 1. The van der Waals surface area contributed by atoms with Gasteiger partial charge < -0.3 is 11.1 Å². The van der Waals surface area contributed by atoms with Gasteiger partial charge >= 0.3 is 0 Å². The largest absolute Gasteiger partial charge is 0.399 e. The zero-order valence-electron chi connectivity index (χ0n) is 11.2. The molecule has 0 radical (unpaired) electrons. The van der Waals surface area contributed by atoms with Gasteiger partial charge in [0.1, 0.15) is 0 Å². The van der Waals surface area contributed by atoms with Crippen LogP contribution in [-0.4, -0.2) is 11.4 Å². The van der Waals surface area contributed by atoms with Crippen molar-refractivity contribution in [2.45, 2.75) is 51.0 Å². The molecule has 1 atom stereocenters. The van der Waals surface area contributed by atoms with Crippen molar-refractivity contribution < 1.29 is 4.79 Å². The van der Waals surface area contributed by atoms with Crippen LogP contribution < -0.4 is 11.1 Å². The van der Waals surface area contributed by atoms with Crippen LogP contribution in [0.15, 0.2) is 24.3 Å². The number of benzene rings is 1. The molecule has 3 heteroatoms. The molecule has 0 spiro atoms. The summed E-state index contributed by atoms with van der Waals surface area (Å²) in [5, 5.41) is 3.14. The van der Waals surface area contributed by atoms with E-state index in [1.165, 1.54) is 6.42 Å². The lowest BCUT2D eigenvalue weighted by Gasteiger charge is -2.39. The summed E-state index contributed by atoms with van der Waals surface area (Å²) in [6.45, 7) is 4.20. The molecule has 98 valence electrons. The van der Waals surface area contributed by atoms with Gasteiger partial charge in [-0.2, -0.15) is 0 Å². The summed E-state index contributed by atoms with van der Waals surface area (Å²) >= 11 is 0. The van der Waals surface area contributed by atoms with Gasteiger partial charge in [-0.25, -0.2) is 0 Å². The minimum absolute atomic E-state index is 0.0535. The number of nitrogens with one attached hydrogen (secondary N) is 1. The minimum atomic E-state index is 0.0535. The van der Waals surface area contributed by atoms with Gasteiger partial charge in [-0.05, 0) is 49.8 Å². The fourth-order valence-electron chi connectivity index (χ4n) is 2.44. The molecule has 1 saturated carbocycles. The molecule has 0 aromatic heterocycles. The number of hydrogen-bond acceptors (Lipinski definition) is 2. The Labute approximate surface area is 109 Å². The highest BCUT2D eigenvalue weighted by Gasteiger charge is 2.33. The van der Waals surface area contributed by atoms with Crippen LogP contribution in [0.4, 0.5) is 5.69 Å². The first-order valence-corrected chi connectivity index (χ1v) is 6.65. The normalized spacial score (nSPS) is 18.8. The van der Waals surface area contributed by atoms with Crippen LogP contribution in [-0.2, 0) is 4.79 Å². The maximum atomic E-state index is 12.0. The van der Waals surface area contributed by atoms with Crippen LogP contribution in [0, 0.1) is 0 Å². The number of carbonyl (C=O) groups excluding carboxylic acids is 1. The van der Waals surface area contributed by atoms with Crippen molar-refractivity contribution in [3.63, 3.8) is 0 Å². The molecule has 1 fully saturated rings. The van der Waals surface area contributed by atoms with Crippen LogP contribution in [0.1, 0.15) is 51.0 Å². The van der Waals surface area contributed by atoms with Crippen molar-refractivity contribution in [2.24, 2.45) is 0 Å². The SMILES string of the molecule is CC(CC(=O)NC1(C)CCC1)c1ccc(N)cc1. The first kappa shape index (κ1) is 12.9. The number of amides is 1. The molecular formula is C15H22N2O. The summed E-state index contributed by atoms with van der Waals surface area (Å²) in [5.41, 5.74) is 7.64. The molecular weight excluding hydrogens is 224 g/mol. The standard InChI is InChI=1S/C15H22N2O/c1-11(12-4-6-13(16)7-5-12)10-14(18)17-15(2)8-3-9-15/h4-7,11H,3,8-10,16H2,1-2H3,(H,17,18). The van der Waals surface area contributed by atoms with E-state index >= 15 is 0 Å². The Kier molecular flexibility index (Phi) is 3.60. The van der Waals surface area contributed by atoms with Gasteiger partial charge in [0.05, 0.1) is 0 Å². The first-order chi connectivity index (χ1) is 8.48. The van der Waals surface area contributed by atoms with Crippen molar-refractivity contribution in [2.75, 3.05) is 5.73 Å². The van der Waals surface area contributed by atoms with E-state index in [1.807, 2.05) is 24.3 Å². The van der Waals surface area contributed by atoms with Crippen molar-refractivity contribution in [3.8, 4) is 0 Å². The minimum Gasteiger partial charge on any atom is -0.399 e. The topological polar surface area (TPSA) is 55.1 Å². The third-order valence-corrected chi connectivity index (χ3v) is 3.90. The summed E-state index contributed by atoms with van der Waals surface area (Å²) < 4.78 is 0. The van der Waals surface area contributed by atoms with Gasteiger partial charge in [-0.3, -0.25) is 4.79 Å². The summed E-state index contributed by atoms with van der Waals surface area (Å²) in [7, 11) is 0. The van der Waals surface area contributed by atoms with E-state index < -0.39 is 0 Å². The molecule has 1 aliphatic carbocycles. The molecule has 1 aromatic carbocycles. The van der Waals surface area contributed by atoms with E-state index in [1.54, 1.807) is 0 Å². The Balaban J connectivity index is 1.88. The van der Waals surface area contributed by atoms with Crippen molar-refractivity contribution in [1.29, 1.82) is 0 Å². The van der Waals surface area contributed by atoms with Crippen LogP contribution in [0.2, 0.25) is 0 Å². The Bertz CT molecular complexity index is 421. The number of nitrogens with two attached hydrogens (primary N) is 1. The highest BCUT2D eigenvalue weighted by atomic mass is 16.1. The fourth-order valence-corrected chi connectivity index (χ4v) is 2.44. The maximum absolute atomic E-state index is 12.0. The lowest BCUT2D eigenvalue weighted by Crippen LogP contribution is -2.51. The average molecular weight is 246 g/mol. The van der Waals surface area contributed by atoms with Crippen LogP contribution >= 0.6 is 0 Å². The zero-order valence-corrected chi connectivity index (χ0v) is 11.2. The molecule has 0 aliphatic heterocycles. The molecule has 3 nitrogen and oxygen atoms in total. The lowest BCUT2D eigenvalue weighted by atomic mass is 9.78. The predicted molar refractivity (Wildman–Crippen MR) is 74.3 cm³/mol. The molecule has 1 amide bonds. The van der Waals surface area contributed by atoms with Gasteiger partial charge in [-0.1, -0.05) is 19.1 Å². The van der Waals surface area contributed by atoms with E-state index in [4.69, 9.17) is 5.73 Å². The van der Waals surface area contributed by atoms with Crippen molar-refractivity contribution >= 4 is 11.6 Å². The maximum Gasteiger partial charge on any atom is 0.221 e. The van der Waals surface area contributed by atoms with E-state index in [9.17, 15) is 4.79 Å². The van der Waals surface area contributed by atoms with Crippen LogP contribution in [0.25, 0.3) is 0 Å².